The van der Waals surface area contributed by atoms with Crippen LogP contribution in [-0.4, -0.2) is 28.5 Å². The van der Waals surface area contributed by atoms with Crippen molar-refractivity contribution in [2.75, 3.05) is 7.11 Å². The van der Waals surface area contributed by atoms with Crippen molar-refractivity contribution in [3.05, 3.63) is 50.7 Å². The number of hydrogen-bond acceptors (Lipinski definition) is 5. The zero-order valence-electron chi connectivity index (χ0n) is 12.1. The summed E-state index contributed by atoms with van der Waals surface area (Å²) in [6.07, 6.45) is 3.27. The number of hydrogen-bond donors (Lipinski definition) is 0. The fourth-order valence-corrected chi connectivity index (χ4v) is 2.09. The molecule has 0 aliphatic rings. The summed E-state index contributed by atoms with van der Waals surface area (Å²) in [4.78, 5) is 46.0. The number of aryl methyl sites for hydroxylation is 1. The minimum atomic E-state index is -0.571. The largest absolute Gasteiger partial charge is 0.466 e. The quantitative estimate of drug-likeness (QED) is 0.453. The van der Waals surface area contributed by atoms with Gasteiger partial charge >= 0.3 is 11.7 Å². The normalized spacial score (nSPS) is 11.0. The van der Waals surface area contributed by atoms with Crippen LogP contribution in [0, 0.1) is 0 Å². The molecular weight excluding hydrogens is 288 g/mol. The van der Waals surface area contributed by atoms with Gasteiger partial charge in [-0.1, -0.05) is 6.07 Å². The average molecular weight is 302 g/mol. The summed E-state index contributed by atoms with van der Waals surface area (Å²) in [6, 6.07) is 4.80. The van der Waals surface area contributed by atoms with Gasteiger partial charge in [0.2, 0.25) is 0 Å². The highest BCUT2D eigenvalue weighted by atomic mass is 16.5. The Labute approximate surface area is 125 Å². The number of rotatable bonds is 4. The summed E-state index contributed by atoms with van der Waals surface area (Å²) < 4.78 is 6.66. The maximum atomic E-state index is 12.2. The molecule has 0 fully saturated rings. The monoisotopic (exact) mass is 302 g/mol. The Morgan fingerprint density at radius 1 is 1.32 bits per heavy atom. The SMILES string of the molecule is COC(=O)C=Cc1ccc2c(=O)n(CC=O)c(=O)n(C)c2c1. The fraction of sp³-hybridized carbons (Fsp3) is 0.200. The molecule has 114 valence electrons. The van der Waals surface area contributed by atoms with Crippen LogP contribution in [0.1, 0.15) is 5.56 Å². The predicted octanol–water partition coefficient (Wildman–Crippen LogP) is 0.0853. The molecule has 0 N–H and O–H groups in total. The van der Waals surface area contributed by atoms with Crippen molar-refractivity contribution in [2.45, 2.75) is 6.54 Å². The van der Waals surface area contributed by atoms with E-state index in [1.54, 1.807) is 18.2 Å². The molecule has 2 rings (SSSR count). The number of carbonyl (C=O) groups excluding carboxylic acids is 2. The molecule has 0 amide bonds. The van der Waals surface area contributed by atoms with E-state index in [9.17, 15) is 19.2 Å². The Balaban J connectivity index is 2.66. The van der Waals surface area contributed by atoms with Gasteiger partial charge in [0, 0.05) is 13.1 Å². The number of methoxy groups -OCH3 is 1. The molecule has 7 nitrogen and oxygen atoms in total. The van der Waals surface area contributed by atoms with Crippen molar-refractivity contribution < 1.29 is 14.3 Å². The van der Waals surface area contributed by atoms with Crippen molar-refractivity contribution >= 4 is 29.2 Å². The zero-order valence-corrected chi connectivity index (χ0v) is 12.1. The van der Waals surface area contributed by atoms with Gasteiger partial charge in [0.05, 0.1) is 24.6 Å². The molecular formula is C15H14N2O5. The summed E-state index contributed by atoms with van der Waals surface area (Å²) in [5.41, 5.74) is -0.0306. The van der Waals surface area contributed by atoms with E-state index in [1.165, 1.54) is 30.9 Å². The van der Waals surface area contributed by atoms with Crippen LogP contribution < -0.4 is 11.2 Å². The molecule has 0 aliphatic heterocycles. The highest BCUT2D eigenvalue weighted by Crippen LogP contribution is 2.12. The first-order valence-electron chi connectivity index (χ1n) is 6.43. The molecule has 2 aromatic rings. The number of nitrogens with zero attached hydrogens (tertiary/aromatic N) is 2. The number of carbonyl (C=O) groups is 2. The molecule has 22 heavy (non-hydrogen) atoms. The minimum absolute atomic E-state index is 0.286. The third-order valence-electron chi connectivity index (χ3n) is 3.25. The Kier molecular flexibility index (Phi) is 4.36. The van der Waals surface area contributed by atoms with E-state index in [4.69, 9.17) is 0 Å². The molecule has 0 unspecified atom stereocenters. The van der Waals surface area contributed by atoms with Gasteiger partial charge in [-0.15, -0.1) is 0 Å². The number of aromatic nitrogens is 2. The average Bonchev–Trinajstić information content (AvgIpc) is 2.54. The van der Waals surface area contributed by atoms with Crippen LogP contribution in [0.2, 0.25) is 0 Å². The molecule has 1 aromatic carbocycles. The minimum Gasteiger partial charge on any atom is -0.466 e. The van der Waals surface area contributed by atoms with E-state index in [0.29, 0.717) is 22.8 Å². The van der Waals surface area contributed by atoms with Crippen LogP contribution >= 0.6 is 0 Å². The van der Waals surface area contributed by atoms with Gasteiger partial charge in [-0.3, -0.25) is 13.9 Å². The first-order chi connectivity index (χ1) is 10.5. The zero-order chi connectivity index (χ0) is 16.3. The van der Waals surface area contributed by atoms with E-state index in [-0.39, 0.29) is 6.54 Å². The molecule has 0 radical (unpaired) electrons. The lowest BCUT2D eigenvalue weighted by Gasteiger charge is -2.09. The van der Waals surface area contributed by atoms with Crippen molar-refractivity contribution in [2.24, 2.45) is 7.05 Å². The molecule has 0 spiro atoms. The standard InChI is InChI=1S/C15H14N2O5/c1-16-12-9-10(4-6-13(19)22-2)3-5-11(12)14(20)17(7-8-18)15(16)21/h3-6,8-9H,7H2,1-2H3. The Morgan fingerprint density at radius 3 is 2.68 bits per heavy atom. The van der Waals surface area contributed by atoms with Gasteiger partial charge in [0.1, 0.15) is 6.29 Å². The molecule has 1 heterocycles. The third kappa shape index (κ3) is 2.73. The second-order valence-electron chi connectivity index (χ2n) is 4.56. The summed E-state index contributed by atoms with van der Waals surface area (Å²) >= 11 is 0. The van der Waals surface area contributed by atoms with Crippen LogP contribution in [0.3, 0.4) is 0 Å². The first-order valence-corrected chi connectivity index (χ1v) is 6.43. The highest BCUT2D eigenvalue weighted by Gasteiger charge is 2.10. The van der Waals surface area contributed by atoms with Crippen LogP contribution in [0.25, 0.3) is 17.0 Å². The number of fused-ring (bicyclic) bond motifs is 1. The topological polar surface area (TPSA) is 87.4 Å². The van der Waals surface area contributed by atoms with Gasteiger partial charge in [-0.2, -0.15) is 0 Å². The van der Waals surface area contributed by atoms with Crippen LogP contribution in [-0.2, 0) is 27.9 Å². The maximum absolute atomic E-state index is 12.2. The second kappa shape index (κ2) is 6.21. The molecule has 0 bridgehead atoms. The lowest BCUT2D eigenvalue weighted by atomic mass is 10.1. The number of esters is 1. The van der Waals surface area contributed by atoms with Gasteiger partial charge in [0.15, 0.2) is 0 Å². The predicted molar refractivity (Wildman–Crippen MR) is 80.6 cm³/mol. The summed E-state index contributed by atoms with van der Waals surface area (Å²) in [7, 11) is 2.78. The number of ether oxygens (including phenoxy) is 1. The third-order valence-corrected chi connectivity index (χ3v) is 3.25. The van der Waals surface area contributed by atoms with Crippen molar-refractivity contribution in [3.8, 4) is 0 Å². The lowest BCUT2D eigenvalue weighted by Crippen LogP contribution is -2.39. The second-order valence-corrected chi connectivity index (χ2v) is 4.56. The lowest BCUT2D eigenvalue weighted by molar-refractivity contribution is -0.134. The fourth-order valence-electron chi connectivity index (χ4n) is 2.09. The molecule has 0 atom stereocenters. The first kappa shape index (κ1) is 15.4. The Bertz CT molecular complexity index is 889. The number of benzene rings is 1. The van der Waals surface area contributed by atoms with Crippen LogP contribution in [0.15, 0.2) is 33.9 Å². The van der Waals surface area contributed by atoms with E-state index in [1.807, 2.05) is 0 Å². The molecule has 0 saturated carbocycles. The van der Waals surface area contributed by atoms with Gasteiger partial charge in [-0.25, -0.2) is 9.59 Å². The van der Waals surface area contributed by atoms with Gasteiger partial charge in [-0.05, 0) is 23.8 Å². The molecule has 1 aromatic heterocycles. The summed E-state index contributed by atoms with van der Waals surface area (Å²) in [5, 5.41) is 0.319. The summed E-state index contributed by atoms with van der Waals surface area (Å²) in [6.45, 7) is -0.286. The van der Waals surface area contributed by atoms with Crippen LogP contribution in [0.5, 0.6) is 0 Å². The van der Waals surface area contributed by atoms with Crippen molar-refractivity contribution in [1.29, 1.82) is 0 Å². The van der Waals surface area contributed by atoms with E-state index in [0.717, 1.165) is 4.57 Å². The summed E-state index contributed by atoms with van der Waals surface area (Å²) in [5.74, 6) is -0.504. The molecule has 7 heteroatoms. The van der Waals surface area contributed by atoms with Gasteiger partial charge < -0.3 is 9.53 Å². The Hall–Kier alpha value is -2.96. The van der Waals surface area contributed by atoms with E-state index >= 15 is 0 Å². The van der Waals surface area contributed by atoms with E-state index < -0.39 is 17.2 Å². The van der Waals surface area contributed by atoms with E-state index in [2.05, 4.69) is 4.74 Å². The van der Waals surface area contributed by atoms with Crippen molar-refractivity contribution in [3.63, 3.8) is 0 Å². The highest BCUT2D eigenvalue weighted by molar-refractivity contribution is 5.88. The van der Waals surface area contributed by atoms with Gasteiger partial charge in [0.25, 0.3) is 5.56 Å². The molecule has 0 aliphatic carbocycles. The smallest absolute Gasteiger partial charge is 0.331 e. The molecule has 0 saturated heterocycles. The number of aldehydes is 1. The maximum Gasteiger partial charge on any atom is 0.331 e. The van der Waals surface area contributed by atoms with Crippen LogP contribution in [0.4, 0.5) is 0 Å². The Morgan fingerprint density at radius 2 is 2.05 bits per heavy atom. The van der Waals surface area contributed by atoms with Crippen molar-refractivity contribution in [1.82, 2.24) is 9.13 Å².